The number of nitrogens with two attached hydrogens (primary N) is 1. The fourth-order valence-corrected chi connectivity index (χ4v) is 1.17. The Hall–Kier alpha value is -1.74. The molecule has 0 saturated heterocycles. The summed E-state index contributed by atoms with van der Waals surface area (Å²) in [5, 5.41) is 8.74. The number of alkyl halides is 2. The van der Waals surface area contributed by atoms with Gasteiger partial charge in [-0.1, -0.05) is 0 Å². The number of methoxy groups -OCH3 is 1. The van der Waals surface area contributed by atoms with Crippen molar-refractivity contribution < 1.29 is 13.5 Å². The van der Waals surface area contributed by atoms with Crippen molar-refractivity contribution in [3.63, 3.8) is 0 Å². The molecule has 2 N–H and O–H groups in total. The van der Waals surface area contributed by atoms with Crippen LogP contribution in [-0.2, 0) is 6.54 Å². The minimum Gasteiger partial charge on any atom is -0.481 e. The topological polar surface area (TPSA) is 71.9 Å². The van der Waals surface area contributed by atoms with E-state index in [1.54, 1.807) is 6.07 Å². The highest BCUT2D eigenvalue weighted by Crippen LogP contribution is 2.26. The number of rotatable bonds is 3. The molecule has 4 nitrogen and oxygen atoms in total. The van der Waals surface area contributed by atoms with Crippen molar-refractivity contribution in [2.45, 2.75) is 13.0 Å². The third kappa shape index (κ3) is 2.19. The van der Waals surface area contributed by atoms with Gasteiger partial charge in [-0.25, -0.2) is 13.8 Å². The zero-order valence-electron chi connectivity index (χ0n) is 8.00. The SMILES string of the molecule is COc1cc(C#N)c(CN)c(C(F)F)n1. The van der Waals surface area contributed by atoms with Crippen molar-refractivity contribution in [1.29, 1.82) is 5.26 Å². The Bertz CT molecular complexity index is 401. The van der Waals surface area contributed by atoms with E-state index in [1.807, 2.05) is 0 Å². The lowest BCUT2D eigenvalue weighted by Crippen LogP contribution is -2.08. The molecular formula is C9H9F2N3O. The molecule has 0 saturated carbocycles. The highest BCUT2D eigenvalue weighted by atomic mass is 19.3. The van der Waals surface area contributed by atoms with Crippen molar-refractivity contribution in [3.05, 3.63) is 22.9 Å². The number of nitrogens with zero attached hydrogens (tertiary/aromatic N) is 2. The predicted molar refractivity (Wildman–Crippen MR) is 48.4 cm³/mol. The lowest BCUT2D eigenvalue weighted by molar-refractivity contribution is 0.143. The van der Waals surface area contributed by atoms with Crippen molar-refractivity contribution in [2.24, 2.45) is 5.73 Å². The van der Waals surface area contributed by atoms with Crippen LogP contribution < -0.4 is 10.5 Å². The van der Waals surface area contributed by atoms with Gasteiger partial charge in [-0.3, -0.25) is 0 Å². The standard InChI is InChI=1S/C9H9F2N3O/c1-15-7-2-5(3-12)6(4-13)8(14-7)9(10)11/h2,9H,4,13H2,1H3. The monoisotopic (exact) mass is 213 g/mol. The van der Waals surface area contributed by atoms with Gasteiger partial charge in [0.1, 0.15) is 5.69 Å². The van der Waals surface area contributed by atoms with E-state index in [-0.39, 0.29) is 23.6 Å². The van der Waals surface area contributed by atoms with Gasteiger partial charge in [-0.2, -0.15) is 5.26 Å². The quantitative estimate of drug-likeness (QED) is 0.822. The Morgan fingerprint density at radius 2 is 2.33 bits per heavy atom. The largest absolute Gasteiger partial charge is 0.481 e. The normalized spacial score (nSPS) is 10.1. The smallest absolute Gasteiger partial charge is 0.280 e. The Labute approximate surface area is 85.3 Å². The van der Waals surface area contributed by atoms with E-state index in [9.17, 15) is 8.78 Å². The molecule has 0 aliphatic carbocycles. The van der Waals surface area contributed by atoms with Crippen LogP contribution in [0.2, 0.25) is 0 Å². The Morgan fingerprint density at radius 3 is 2.73 bits per heavy atom. The van der Waals surface area contributed by atoms with Crippen LogP contribution in [0.1, 0.15) is 23.2 Å². The van der Waals surface area contributed by atoms with Crippen LogP contribution in [0.4, 0.5) is 8.78 Å². The maximum absolute atomic E-state index is 12.6. The molecule has 1 aromatic rings. The number of halogens is 2. The number of ether oxygens (including phenoxy) is 1. The summed E-state index contributed by atoms with van der Waals surface area (Å²) < 4.78 is 29.8. The predicted octanol–water partition coefficient (Wildman–Crippen LogP) is 1.36. The molecule has 0 spiro atoms. The summed E-state index contributed by atoms with van der Waals surface area (Å²) in [7, 11) is 1.29. The minimum absolute atomic E-state index is 0.0148. The fraction of sp³-hybridized carbons (Fsp3) is 0.333. The van der Waals surface area contributed by atoms with Crippen LogP contribution in [0, 0.1) is 11.3 Å². The van der Waals surface area contributed by atoms with Crippen LogP contribution in [0.3, 0.4) is 0 Å². The third-order valence-electron chi connectivity index (χ3n) is 1.87. The van der Waals surface area contributed by atoms with Crippen LogP contribution in [-0.4, -0.2) is 12.1 Å². The molecule has 0 amide bonds. The number of hydrogen-bond donors (Lipinski definition) is 1. The van der Waals surface area contributed by atoms with Gasteiger partial charge >= 0.3 is 0 Å². The highest BCUT2D eigenvalue weighted by molar-refractivity contribution is 5.43. The van der Waals surface area contributed by atoms with E-state index in [1.165, 1.54) is 13.2 Å². The summed E-state index contributed by atoms with van der Waals surface area (Å²) in [5.74, 6) is -0.0148. The molecule has 1 aromatic heterocycles. The van der Waals surface area contributed by atoms with Crippen LogP contribution in [0.5, 0.6) is 5.88 Å². The number of pyridine rings is 1. The molecule has 15 heavy (non-hydrogen) atoms. The first-order valence-corrected chi connectivity index (χ1v) is 4.10. The van der Waals surface area contributed by atoms with E-state index in [0.717, 1.165) is 0 Å². The van der Waals surface area contributed by atoms with Crippen molar-refractivity contribution >= 4 is 0 Å². The Morgan fingerprint density at radius 1 is 1.67 bits per heavy atom. The molecule has 0 bridgehead atoms. The number of hydrogen-bond acceptors (Lipinski definition) is 4. The first-order valence-electron chi connectivity index (χ1n) is 4.10. The summed E-state index contributed by atoms with van der Waals surface area (Å²) >= 11 is 0. The van der Waals surface area contributed by atoms with Gasteiger partial charge in [-0.05, 0) is 0 Å². The molecule has 6 heteroatoms. The average molecular weight is 213 g/mol. The summed E-state index contributed by atoms with van der Waals surface area (Å²) in [6, 6.07) is 3.07. The molecular weight excluding hydrogens is 204 g/mol. The molecule has 0 aliphatic rings. The zero-order valence-corrected chi connectivity index (χ0v) is 8.00. The van der Waals surface area contributed by atoms with Gasteiger partial charge in [0.2, 0.25) is 5.88 Å². The van der Waals surface area contributed by atoms with Gasteiger partial charge in [-0.15, -0.1) is 0 Å². The second-order valence-electron chi connectivity index (χ2n) is 2.69. The first kappa shape index (κ1) is 11.3. The summed E-state index contributed by atoms with van der Waals surface area (Å²) in [6.07, 6.45) is -2.77. The van der Waals surface area contributed by atoms with Crippen molar-refractivity contribution in [1.82, 2.24) is 4.98 Å². The molecule has 0 atom stereocenters. The Balaban J connectivity index is 3.41. The molecule has 0 fully saturated rings. The molecule has 0 unspecified atom stereocenters. The van der Waals surface area contributed by atoms with Gasteiger partial charge in [0.15, 0.2) is 0 Å². The van der Waals surface area contributed by atoms with Crippen LogP contribution >= 0.6 is 0 Å². The van der Waals surface area contributed by atoms with Crippen LogP contribution in [0.25, 0.3) is 0 Å². The number of nitriles is 1. The molecule has 0 radical (unpaired) electrons. The Kier molecular flexibility index (Phi) is 3.52. The maximum atomic E-state index is 12.6. The fourth-order valence-electron chi connectivity index (χ4n) is 1.17. The van der Waals surface area contributed by atoms with Gasteiger partial charge in [0, 0.05) is 18.2 Å². The molecule has 80 valence electrons. The summed E-state index contributed by atoms with van der Waals surface area (Å²) in [5.41, 5.74) is 4.93. The van der Waals surface area contributed by atoms with E-state index in [4.69, 9.17) is 15.7 Å². The summed E-state index contributed by atoms with van der Waals surface area (Å²) in [4.78, 5) is 3.57. The second kappa shape index (κ2) is 4.66. The van der Waals surface area contributed by atoms with Crippen molar-refractivity contribution in [3.8, 4) is 11.9 Å². The number of aromatic nitrogens is 1. The second-order valence-corrected chi connectivity index (χ2v) is 2.69. The maximum Gasteiger partial charge on any atom is 0.280 e. The molecule has 1 heterocycles. The zero-order chi connectivity index (χ0) is 11.4. The summed E-state index contributed by atoms with van der Waals surface area (Å²) in [6.45, 7) is -0.153. The molecule has 0 aromatic carbocycles. The van der Waals surface area contributed by atoms with Crippen LogP contribution in [0.15, 0.2) is 6.07 Å². The van der Waals surface area contributed by atoms with E-state index >= 15 is 0 Å². The molecule has 0 aliphatic heterocycles. The third-order valence-corrected chi connectivity index (χ3v) is 1.87. The van der Waals surface area contributed by atoms with E-state index in [0.29, 0.717) is 0 Å². The van der Waals surface area contributed by atoms with E-state index in [2.05, 4.69) is 4.98 Å². The van der Waals surface area contributed by atoms with Gasteiger partial charge < -0.3 is 10.5 Å². The lowest BCUT2D eigenvalue weighted by atomic mass is 10.1. The van der Waals surface area contributed by atoms with Crippen molar-refractivity contribution in [2.75, 3.05) is 7.11 Å². The lowest BCUT2D eigenvalue weighted by Gasteiger charge is -2.09. The average Bonchev–Trinajstić information content (AvgIpc) is 2.26. The highest BCUT2D eigenvalue weighted by Gasteiger charge is 2.19. The van der Waals surface area contributed by atoms with Gasteiger partial charge in [0.05, 0.1) is 18.7 Å². The minimum atomic E-state index is -2.77. The van der Waals surface area contributed by atoms with E-state index < -0.39 is 12.1 Å². The van der Waals surface area contributed by atoms with Gasteiger partial charge in [0.25, 0.3) is 6.43 Å². The first-order chi connectivity index (χ1) is 7.13. The molecule has 1 rings (SSSR count).